The maximum atomic E-state index is 10.3. The van der Waals surface area contributed by atoms with E-state index < -0.39 is 8.25 Å². The van der Waals surface area contributed by atoms with Crippen molar-refractivity contribution in [1.29, 1.82) is 0 Å². The molecule has 0 unspecified atom stereocenters. The molecule has 62 valence electrons. The second-order valence-corrected chi connectivity index (χ2v) is 2.02. The van der Waals surface area contributed by atoms with Gasteiger partial charge in [-0.05, 0) is 13.8 Å². The lowest BCUT2D eigenvalue weighted by molar-refractivity contribution is 0.243. The van der Waals surface area contributed by atoms with Crippen LogP contribution < -0.4 is 0 Å². The Bertz CT molecular complexity index is 68.0. The monoisotopic (exact) mass is 169 g/mol. The Kier molecular flexibility index (Phi) is 14.8. The fraction of sp³-hybridized carbons (Fsp3) is 1.00. The highest BCUT2D eigenvalue weighted by molar-refractivity contribution is 7.33. The van der Waals surface area contributed by atoms with Crippen molar-refractivity contribution < 1.29 is 18.7 Å². The Hall–Kier alpha value is -0.0200. The van der Waals surface area contributed by atoms with Crippen molar-refractivity contribution in [3.63, 3.8) is 0 Å². The molecule has 0 bridgehead atoms. The van der Waals surface area contributed by atoms with Gasteiger partial charge in [-0.2, -0.15) is 0 Å². The molecule has 0 aliphatic heterocycles. The second kappa shape index (κ2) is 11.7. The van der Waals surface area contributed by atoms with Gasteiger partial charge in [0, 0.05) is 11.7 Å². The van der Waals surface area contributed by atoms with Crippen LogP contribution in [-0.4, -0.2) is 25.4 Å². The molecule has 0 amide bonds. The van der Waals surface area contributed by atoms with Crippen molar-refractivity contribution in [1.82, 2.24) is 0 Å². The molecule has 0 saturated carbocycles. The standard InChI is InChI=1S/C4H10O3P.CH4O/c1-3-6-8(5)7-4-2;1-2/h3-4H2,1-2H3;2H,1H3/q+1;. The quantitative estimate of drug-likeness (QED) is 0.645. The molecule has 0 aliphatic carbocycles. The first-order valence-corrected chi connectivity index (χ1v) is 4.08. The van der Waals surface area contributed by atoms with Gasteiger partial charge in [-0.15, -0.1) is 9.05 Å². The van der Waals surface area contributed by atoms with Crippen LogP contribution in [0.15, 0.2) is 0 Å². The maximum absolute atomic E-state index is 10.3. The average Bonchev–Trinajstić information content (AvgIpc) is 1.93. The molecular formula is C5H14O4P+. The molecule has 0 atom stereocenters. The molecule has 0 saturated heterocycles. The van der Waals surface area contributed by atoms with Crippen molar-refractivity contribution in [2.45, 2.75) is 13.8 Å². The van der Waals surface area contributed by atoms with Gasteiger partial charge in [-0.1, -0.05) is 0 Å². The molecule has 1 N–H and O–H groups in total. The smallest absolute Gasteiger partial charge is 0.400 e. The minimum absolute atomic E-state index is 0.440. The summed E-state index contributed by atoms with van der Waals surface area (Å²) in [6, 6.07) is 0. The summed E-state index contributed by atoms with van der Waals surface area (Å²) >= 11 is 0. The van der Waals surface area contributed by atoms with E-state index >= 15 is 0 Å². The zero-order valence-corrected chi connectivity index (χ0v) is 7.43. The number of aliphatic hydroxyl groups excluding tert-OH is 1. The average molecular weight is 169 g/mol. The Morgan fingerprint density at radius 3 is 1.70 bits per heavy atom. The summed E-state index contributed by atoms with van der Waals surface area (Å²) in [4.78, 5) is 0. The van der Waals surface area contributed by atoms with E-state index in [4.69, 9.17) is 5.11 Å². The van der Waals surface area contributed by atoms with E-state index in [0.29, 0.717) is 13.2 Å². The van der Waals surface area contributed by atoms with Crippen LogP contribution in [0.5, 0.6) is 0 Å². The summed E-state index contributed by atoms with van der Waals surface area (Å²) in [6.07, 6.45) is 0. The summed E-state index contributed by atoms with van der Waals surface area (Å²) in [6.45, 7) is 4.42. The molecule has 0 aromatic rings. The molecule has 4 nitrogen and oxygen atoms in total. The molecule has 0 aromatic carbocycles. The number of hydrogen-bond acceptors (Lipinski definition) is 4. The molecular weight excluding hydrogens is 155 g/mol. The SMILES string of the molecule is CCO[P+](=O)OCC.CO. The van der Waals surface area contributed by atoms with Crippen LogP contribution in [0.1, 0.15) is 13.8 Å². The summed E-state index contributed by atoms with van der Waals surface area (Å²) in [7, 11) is -0.831. The Labute approximate surface area is 62.1 Å². The minimum atomic E-state index is -1.83. The molecule has 5 heteroatoms. The van der Waals surface area contributed by atoms with Crippen molar-refractivity contribution >= 4 is 8.25 Å². The Morgan fingerprint density at radius 2 is 1.50 bits per heavy atom. The Balaban J connectivity index is 0. The third-order valence-corrected chi connectivity index (χ3v) is 1.41. The first-order chi connectivity index (χ1) is 4.81. The van der Waals surface area contributed by atoms with E-state index in [1.807, 2.05) is 0 Å². The van der Waals surface area contributed by atoms with E-state index in [-0.39, 0.29) is 0 Å². The van der Waals surface area contributed by atoms with Gasteiger partial charge in [0.1, 0.15) is 13.2 Å². The first kappa shape index (κ1) is 12.6. The van der Waals surface area contributed by atoms with Crippen molar-refractivity contribution in [2.75, 3.05) is 20.3 Å². The highest BCUT2D eigenvalue weighted by atomic mass is 31.1. The lowest BCUT2D eigenvalue weighted by atomic mass is 10.9. The van der Waals surface area contributed by atoms with Crippen molar-refractivity contribution in [3.05, 3.63) is 0 Å². The third kappa shape index (κ3) is 10.9. The summed E-state index contributed by atoms with van der Waals surface area (Å²) in [5.74, 6) is 0. The molecule has 0 aliphatic rings. The zero-order valence-electron chi connectivity index (χ0n) is 6.53. The van der Waals surface area contributed by atoms with Crippen LogP contribution in [0.25, 0.3) is 0 Å². The Morgan fingerprint density at radius 1 is 1.20 bits per heavy atom. The van der Waals surface area contributed by atoms with Crippen LogP contribution in [-0.2, 0) is 13.6 Å². The molecule has 0 rings (SSSR count). The minimum Gasteiger partial charge on any atom is -0.400 e. The number of hydrogen-bond donors (Lipinski definition) is 1. The van der Waals surface area contributed by atoms with Gasteiger partial charge in [0.05, 0.1) is 0 Å². The van der Waals surface area contributed by atoms with Gasteiger partial charge in [0.15, 0.2) is 0 Å². The van der Waals surface area contributed by atoms with Crippen molar-refractivity contribution in [2.24, 2.45) is 0 Å². The van der Waals surface area contributed by atoms with Crippen LogP contribution in [0, 0.1) is 0 Å². The lowest BCUT2D eigenvalue weighted by Gasteiger charge is -1.78. The van der Waals surface area contributed by atoms with Gasteiger partial charge in [-0.25, -0.2) is 0 Å². The van der Waals surface area contributed by atoms with Gasteiger partial charge in [-0.3, -0.25) is 0 Å². The van der Waals surface area contributed by atoms with Crippen molar-refractivity contribution in [3.8, 4) is 0 Å². The topological polar surface area (TPSA) is 55.8 Å². The van der Waals surface area contributed by atoms with E-state index in [9.17, 15) is 4.57 Å². The molecule has 0 fully saturated rings. The summed E-state index contributed by atoms with van der Waals surface area (Å²) < 4.78 is 19.5. The molecule has 0 radical (unpaired) electrons. The van der Waals surface area contributed by atoms with E-state index in [2.05, 4.69) is 9.05 Å². The predicted molar refractivity (Wildman–Crippen MR) is 39.0 cm³/mol. The van der Waals surface area contributed by atoms with Gasteiger partial charge in [0.2, 0.25) is 0 Å². The van der Waals surface area contributed by atoms with Crippen LogP contribution in [0.2, 0.25) is 0 Å². The zero-order chi connectivity index (χ0) is 8.41. The molecule has 0 heterocycles. The molecule has 10 heavy (non-hydrogen) atoms. The first-order valence-electron chi connectivity index (χ1n) is 2.99. The fourth-order valence-corrected chi connectivity index (χ4v) is 0.744. The van der Waals surface area contributed by atoms with Gasteiger partial charge < -0.3 is 5.11 Å². The summed E-state index contributed by atoms with van der Waals surface area (Å²) in [5.41, 5.74) is 0. The summed E-state index contributed by atoms with van der Waals surface area (Å²) in [5, 5.41) is 7.00. The predicted octanol–water partition coefficient (Wildman–Crippen LogP) is 1.33. The van der Waals surface area contributed by atoms with E-state index in [1.165, 1.54) is 0 Å². The largest absolute Gasteiger partial charge is 0.697 e. The van der Waals surface area contributed by atoms with Crippen LogP contribution in [0.3, 0.4) is 0 Å². The molecule has 0 aromatic heterocycles. The fourth-order valence-electron chi connectivity index (χ4n) is 0.248. The highest BCUT2D eigenvalue weighted by Crippen LogP contribution is 2.21. The maximum Gasteiger partial charge on any atom is 0.697 e. The highest BCUT2D eigenvalue weighted by Gasteiger charge is 2.15. The van der Waals surface area contributed by atoms with Gasteiger partial charge in [0.25, 0.3) is 0 Å². The number of aliphatic hydroxyl groups is 1. The van der Waals surface area contributed by atoms with Crippen LogP contribution in [0.4, 0.5) is 0 Å². The number of rotatable bonds is 4. The lowest BCUT2D eigenvalue weighted by Crippen LogP contribution is -1.81. The normalized spacial score (nSPS) is 8.00. The third-order valence-electron chi connectivity index (χ3n) is 0.469. The van der Waals surface area contributed by atoms with E-state index in [0.717, 1.165) is 7.11 Å². The van der Waals surface area contributed by atoms with Crippen LogP contribution >= 0.6 is 8.25 Å². The molecule has 0 spiro atoms. The second-order valence-electron chi connectivity index (χ2n) is 1.06. The van der Waals surface area contributed by atoms with E-state index in [1.54, 1.807) is 13.8 Å². The van der Waals surface area contributed by atoms with Gasteiger partial charge >= 0.3 is 8.25 Å².